The minimum Gasteiger partial charge on any atom is -0.310 e. The third kappa shape index (κ3) is 3.83. The van der Waals surface area contributed by atoms with Crippen LogP contribution in [0.25, 0.3) is 43.8 Å². The van der Waals surface area contributed by atoms with Crippen molar-refractivity contribution in [1.29, 1.82) is 0 Å². The molecule has 0 saturated heterocycles. The third-order valence-electron chi connectivity index (χ3n) is 9.05. The Balaban J connectivity index is 1.38. The molecule has 0 atom stereocenters. The molecular formula is C40H31NSi. The number of nitrogens with zero attached hydrogens (tertiary/aromatic N) is 1. The van der Waals surface area contributed by atoms with E-state index in [2.05, 4.69) is 170 Å². The number of anilines is 3. The Morgan fingerprint density at radius 2 is 1.02 bits per heavy atom. The van der Waals surface area contributed by atoms with Gasteiger partial charge in [-0.05, 0) is 79.1 Å². The van der Waals surface area contributed by atoms with Gasteiger partial charge in [0, 0.05) is 16.8 Å². The largest absolute Gasteiger partial charge is 0.310 e. The standard InChI is InChI=1S/C40H31NSi/c1-42(2)39-19-11-10-18-36(39)37-27-32(24-25-40(37)42)41(31-22-20-29(21-23-31)28-12-4-3-5-13-28)38-26-30-14-6-7-15-33(30)34-16-8-9-17-35(34)38/h3-27H,1-2H3. The molecule has 8 rings (SSSR count). The lowest BCUT2D eigenvalue weighted by atomic mass is 9.98. The molecule has 1 nitrogen and oxygen atoms in total. The lowest BCUT2D eigenvalue weighted by Gasteiger charge is -2.29. The number of hydrogen-bond donors (Lipinski definition) is 0. The van der Waals surface area contributed by atoms with Gasteiger partial charge in [-0.3, -0.25) is 0 Å². The molecule has 7 aromatic rings. The zero-order chi connectivity index (χ0) is 28.3. The molecule has 1 aliphatic rings. The van der Waals surface area contributed by atoms with E-state index >= 15 is 0 Å². The van der Waals surface area contributed by atoms with Gasteiger partial charge < -0.3 is 4.90 Å². The zero-order valence-corrected chi connectivity index (χ0v) is 24.9. The highest BCUT2D eigenvalue weighted by atomic mass is 28.3. The maximum Gasteiger partial charge on any atom is 0.113 e. The van der Waals surface area contributed by atoms with Gasteiger partial charge >= 0.3 is 0 Å². The van der Waals surface area contributed by atoms with Crippen LogP contribution < -0.4 is 15.3 Å². The van der Waals surface area contributed by atoms with E-state index in [9.17, 15) is 0 Å². The van der Waals surface area contributed by atoms with E-state index in [1.807, 2.05) is 0 Å². The average molecular weight is 554 g/mol. The van der Waals surface area contributed by atoms with Crippen molar-refractivity contribution in [3.8, 4) is 22.3 Å². The fourth-order valence-corrected chi connectivity index (χ4v) is 10.0. The molecule has 0 unspecified atom stereocenters. The van der Waals surface area contributed by atoms with Crippen LogP contribution in [0.5, 0.6) is 0 Å². The monoisotopic (exact) mass is 553 g/mol. The summed E-state index contributed by atoms with van der Waals surface area (Å²) in [5.41, 5.74) is 8.76. The van der Waals surface area contributed by atoms with Gasteiger partial charge in [0.25, 0.3) is 0 Å². The van der Waals surface area contributed by atoms with Gasteiger partial charge in [0.2, 0.25) is 0 Å². The van der Waals surface area contributed by atoms with E-state index in [1.54, 1.807) is 0 Å². The molecule has 0 bridgehead atoms. The van der Waals surface area contributed by atoms with E-state index in [0.717, 1.165) is 5.69 Å². The van der Waals surface area contributed by atoms with Crippen molar-refractivity contribution >= 4 is 57.1 Å². The van der Waals surface area contributed by atoms with Gasteiger partial charge in [-0.15, -0.1) is 0 Å². The number of rotatable bonds is 4. The van der Waals surface area contributed by atoms with E-state index < -0.39 is 8.07 Å². The van der Waals surface area contributed by atoms with Gasteiger partial charge in [-0.2, -0.15) is 0 Å². The lowest BCUT2D eigenvalue weighted by Crippen LogP contribution is -2.49. The molecule has 1 heterocycles. The van der Waals surface area contributed by atoms with Crippen molar-refractivity contribution < 1.29 is 0 Å². The molecular weight excluding hydrogens is 523 g/mol. The number of benzene rings is 7. The fraction of sp³-hybridized carbons (Fsp3) is 0.0500. The molecule has 0 radical (unpaired) electrons. The summed E-state index contributed by atoms with van der Waals surface area (Å²) >= 11 is 0. The number of hydrogen-bond acceptors (Lipinski definition) is 1. The van der Waals surface area contributed by atoms with Crippen molar-refractivity contribution in [2.45, 2.75) is 13.1 Å². The van der Waals surface area contributed by atoms with E-state index in [-0.39, 0.29) is 0 Å². The maximum absolute atomic E-state index is 2.48. The van der Waals surface area contributed by atoms with Crippen molar-refractivity contribution in [2.75, 3.05) is 4.90 Å². The van der Waals surface area contributed by atoms with Crippen LogP contribution in [0.4, 0.5) is 17.1 Å². The first-order valence-corrected chi connectivity index (χ1v) is 17.7. The normalized spacial score (nSPS) is 13.2. The summed E-state index contributed by atoms with van der Waals surface area (Å²) in [5.74, 6) is 0. The summed E-state index contributed by atoms with van der Waals surface area (Å²) in [7, 11) is -1.74. The SMILES string of the molecule is C[Si]1(C)c2ccccc2-c2cc(N(c3ccc(-c4ccccc4)cc3)c3cc4ccccc4c4ccccc34)ccc21. The van der Waals surface area contributed by atoms with E-state index in [1.165, 1.54) is 65.5 Å². The zero-order valence-electron chi connectivity index (χ0n) is 23.9. The summed E-state index contributed by atoms with van der Waals surface area (Å²) in [6.07, 6.45) is 0. The quantitative estimate of drug-likeness (QED) is 0.155. The summed E-state index contributed by atoms with van der Waals surface area (Å²) < 4.78 is 0. The van der Waals surface area contributed by atoms with Gasteiger partial charge in [-0.1, -0.05) is 134 Å². The Morgan fingerprint density at radius 3 is 1.83 bits per heavy atom. The van der Waals surface area contributed by atoms with Crippen LogP contribution in [0.15, 0.2) is 152 Å². The summed E-state index contributed by atoms with van der Waals surface area (Å²) in [5, 5.41) is 8.11. The van der Waals surface area contributed by atoms with Crippen molar-refractivity contribution in [2.24, 2.45) is 0 Å². The predicted molar refractivity (Wildman–Crippen MR) is 184 cm³/mol. The van der Waals surface area contributed by atoms with Gasteiger partial charge in [-0.25, -0.2) is 0 Å². The fourth-order valence-electron chi connectivity index (χ4n) is 6.93. The molecule has 42 heavy (non-hydrogen) atoms. The van der Waals surface area contributed by atoms with Crippen molar-refractivity contribution in [3.63, 3.8) is 0 Å². The minimum absolute atomic E-state index is 1.15. The van der Waals surface area contributed by atoms with Crippen LogP contribution in [-0.2, 0) is 0 Å². The van der Waals surface area contributed by atoms with Crippen LogP contribution in [0.1, 0.15) is 0 Å². The molecule has 0 saturated carbocycles. The smallest absolute Gasteiger partial charge is 0.113 e. The van der Waals surface area contributed by atoms with Gasteiger partial charge in [0.05, 0.1) is 5.69 Å². The van der Waals surface area contributed by atoms with E-state index in [0.29, 0.717) is 0 Å². The molecule has 7 aromatic carbocycles. The summed E-state index contributed by atoms with van der Waals surface area (Å²) in [4.78, 5) is 2.46. The highest BCUT2D eigenvalue weighted by Gasteiger charge is 2.37. The molecule has 1 aliphatic heterocycles. The summed E-state index contributed by atoms with van der Waals surface area (Å²) in [6, 6.07) is 55.8. The average Bonchev–Trinajstić information content (AvgIpc) is 3.28. The Kier molecular flexibility index (Phi) is 5.66. The first kappa shape index (κ1) is 24.8. The van der Waals surface area contributed by atoms with Gasteiger partial charge in [0.1, 0.15) is 8.07 Å². The lowest BCUT2D eigenvalue weighted by molar-refractivity contribution is 1.30. The molecule has 0 N–H and O–H groups in total. The van der Waals surface area contributed by atoms with Crippen LogP contribution >= 0.6 is 0 Å². The third-order valence-corrected chi connectivity index (χ3v) is 12.6. The topological polar surface area (TPSA) is 3.24 Å². The Morgan fingerprint density at radius 1 is 0.429 bits per heavy atom. The second-order valence-electron chi connectivity index (χ2n) is 11.8. The second-order valence-corrected chi connectivity index (χ2v) is 16.1. The van der Waals surface area contributed by atoms with Crippen LogP contribution in [0.3, 0.4) is 0 Å². The predicted octanol–water partition coefficient (Wildman–Crippen LogP) is 9.93. The van der Waals surface area contributed by atoms with Gasteiger partial charge in [0.15, 0.2) is 0 Å². The molecule has 0 spiro atoms. The van der Waals surface area contributed by atoms with E-state index in [4.69, 9.17) is 0 Å². The van der Waals surface area contributed by atoms with Crippen LogP contribution in [0, 0.1) is 0 Å². The van der Waals surface area contributed by atoms with Crippen molar-refractivity contribution in [1.82, 2.24) is 0 Å². The molecule has 200 valence electrons. The molecule has 0 aromatic heterocycles. The Hall–Kier alpha value is -4.92. The molecule has 0 amide bonds. The summed E-state index contributed by atoms with van der Waals surface area (Å²) in [6.45, 7) is 4.96. The van der Waals surface area contributed by atoms with Crippen LogP contribution in [0.2, 0.25) is 13.1 Å². The molecule has 2 heteroatoms. The number of fused-ring (bicyclic) bond motifs is 6. The minimum atomic E-state index is -1.74. The maximum atomic E-state index is 2.48. The van der Waals surface area contributed by atoms with Crippen LogP contribution in [-0.4, -0.2) is 8.07 Å². The second kappa shape index (κ2) is 9.58. The first-order valence-electron chi connectivity index (χ1n) is 14.7. The highest BCUT2D eigenvalue weighted by molar-refractivity contribution is 7.03. The molecule has 0 aliphatic carbocycles. The molecule has 0 fully saturated rings. The highest BCUT2D eigenvalue weighted by Crippen LogP contribution is 2.43. The van der Waals surface area contributed by atoms with Crippen molar-refractivity contribution in [3.05, 3.63) is 152 Å². The first-order chi connectivity index (χ1) is 20.6. The Labute approximate surface area is 248 Å². The Bertz CT molecular complexity index is 2110.